The van der Waals surface area contributed by atoms with Crippen LogP contribution in [0.3, 0.4) is 0 Å². The van der Waals surface area contributed by atoms with E-state index in [1.54, 1.807) is 0 Å². The minimum Gasteiger partial charge on any atom is -0.486 e. The lowest BCUT2D eigenvalue weighted by molar-refractivity contribution is 0.171. The Kier molecular flexibility index (Phi) is 5.52. The van der Waals surface area contributed by atoms with Crippen LogP contribution in [0.25, 0.3) is 0 Å². The molecule has 0 unspecified atom stereocenters. The van der Waals surface area contributed by atoms with Crippen LogP contribution in [-0.2, 0) is 6.42 Å². The molecule has 1 aliphatic rings. The van der Waals surface area contributed by atoms with Gasteiger partial charge >= 0.3 is 0 Å². The lowest BCUT2D eigenvalue weighted by Gasteiger charge is -2.18. The molecule has 0 bridgehead atoms. The van der Waals surface area contributed by atoms with E-state index in [0.717, 1.165) is 36.9 Å². The molecule has 19 heavy (non-hydrogen) atoms. The standard InChI is InChI=1S/C16H25NO2/c1-13(2)4-3-8-17-9-7-14-5-6-15-16(12-14)19-11-10-18-15/h5-6,12-13,17H,3-4,7-11H2,1-2H3. The normalized spacial score (nSPS) is 13.8. The second-order valence-electron chi connectivity index (χ2n) is 5.51. The molecular weight excluding hydrogens is 238 g/mol. The van der Waals surface area contributed by atoms with Gasteiger partial charge in [0.15, 0.2) is 11.5 Å². The number of nitrogens with one attached hydrogen (secondary N) is 1. The van der Waals surface area contributed by atoms with E-state index in [2.05, 4.69) is 31.3 Å². The van der Waals surface area contributed by atoms with Gasteiger partial charge in [-0.2, -0.15) is 0 Å². The van der Waals surface area contributed by atoms with Crippen LogP contribution < -0.4 is 14.8 Å². The molecule has 1 aromatic carbocycles. The van der Waals surface area contributed by atoms with Crippen molar-refractivity contribution >= 4 is 0 Å². The SMILES string of the molecule is CC(C)CCCNCCc1ccc2c(c1)OCCO2. The number of benzene rings is 1. The highest BCUT2D eigenvalue weighted by Gasteiger charge is 2.11. The molecule has 3 nitrogen and oxygen atoms in total. The van der Waals surface area contributed by atoms with Gasteiger partial charge in [-0.05, 0) is 56.0 Å². The van der Waals surface area contributed by atoms with Gasteiger partial charge in [0.25, 0.3) is 0 Å². The fraction of sp³-hybridized carbons (Fsp3) is 0.625. The largest absolute Gasteiger partial charge is 0.486 e. The molecule has 2 rings (SSSR count). The molecule has 3 heteroatoms. The van der Waals surface area contributed by atoms with Crippen LogP contribution in [0.5, 0.6) is 11.5 Å². The van der Waals surface area contributed by atoms with Gasteiger partial charge in [-0.15, -0.1) is 0 Å². The summed E-state index contributed by atoms with van der Waals surface area (Å²) < 4.78 is 11.1. The molecule has 0 fully saturated rings. The minimum atomic E-state index is 0.657. The zero-order valence-corrected chi connectivity index (χ0v) is 12.1. The van der Waals surface area contributed by atoms with Crippen LogP contribution in [0.1, 0.15) is 32.3 Å². The van der Waals surface area contributed by atoms with E-state index in [-0.39, 0.29) is 0 Å². The first kappa shape index (κ1) is 14.2. The fourth-order valence-corrected chi connectivity index (χ4v) is 2.24. The summed E-state index contributed by atoms with van der Waals surface area (Å²) in [5, 5.41) is 3.50. The third-order valence-electron chi connectivity index (χ3n) is 3.33. The van der Waals surface area contributed by atoms with E-state index >= 15 is 0 Å². The molecule has 0 amide bonds. The predicted molar refractivity (Wildman–Crippen MR) is 78.1 cm³/mol. The summed E-state index contributed by atoms with van der Waals surface area (Å²) >= 11 is 0. The molecule has 0 atom stereocenters. The van der Waals surface area contributed by atoms with Gasteiger partial charge in [0.05, 0.1) is 0 Å². The Morgan fingerprint density at radius 1 is 1.11 bits per heavy atom. The molecule has 0 aromatic heterocycles. The highest BCUT2D eigenvalue weighted by atomic mass is 16.6. The van der Waals surface area contributed by atoms with Gasteiger partial charge in [-0.1, -0.05) is 19.9 Å². The average molecular weight is 263 g/mol. The first-order valence-electron chi connectivity index (χ1n) is 7.35. The third kappa shape index (κ3) is 4.75. The zero-order valence-electron chi connectivity index (χ0n) is 12.1. The number of ether oxygens (including phenoxy) is 2. The predicted octanol–water partition coefficient (Wildman–Crippen LogP) is 3.03. The van der Waals surface area contributed by atoms with E-state index in [1.165, 1.54) is 18.4 Å². The van der Waals surface area contributed by atoms with Gasteiger partial charge in [0.1, 0.15) is 13.2 Å². The fourth-order valence-electron chi connectivity index (χ4n) is 2.24. The number of hydrogen-bond donors (Lipinski definition) is 1. The van der Waals surface area contributed by atoms with Gasteiger partial charge in [0, 0.05) is 0 Å². The molecule has 0 saturated heterocycles. The molecule has 1 heterocycles. The Bertz CT molecular complexity index is 390. The van der Waals surface area contributed by atoms with Crippen molar-refractivity contribution in [3.05, 3.63) is 23.8 Å². The highest BCUT2D eigenvalue weighted by Crippen LogP contribution is 2.30. The number of hydrogen-bond acceptors (Lipinski definition) is 3. The molecule has 0 radical (unpaired) electrons. The molecule has 0 aliphatic carbocycles. The van der Waals surface area contributed by atoms with Crippen LogP contribution in [0, 0.1) is 5.92 Å². The van der Waals surface area contributed by atoms with Crippen molar-refractivity contribution in [3.63, 3.8) is 0 Å². The van der Waals surface area contributed by atoms with E-state index in [0.29, 0.717) is 13.2 Å². The molecular formula is C16H25NO2. The van der Waals surface area contributed by atoms with Gasteiger partial charge in [0.2, 0.25) is 0 Å². The quantitative estimate of drug-likeness (QED) is 0.767. The van der Waals surface area contributed by atoms with Crippen LogP contribution in [0.2, 0.25) is 0 Å². The van der Waals surface area contributed by atoms with E-state index in [9.17, 15) is 0 Å². The average Bonchev–Trinajstić information content (AvgIpc) is 2.42. The lowest BCUT2D eigenvalue weighted by Crippen LogP contribution is -2.19. The smallest absolute Gasteiger partial charge is 0.161 e. The molecule has 106 valence electrons. The van der Waals surface area contributed by atoms with Crippen LogP contribution in [0.4, 0.5) is 0 Å². The second kappa shape index (κ2) is 7.39. The molecule has 1 N–H and O–H groups in total. The number of rotatable bonds is 7. The van der Waals surface area contributed by atoms with Crippen LogP contribution in [-0.4, -0.2) is 26.3 Å². The lowest BCUT2D eigenvalue weighted by atomic mass is 10.1. The number of fused-ring (bicyclic) bond motifs is 1. The van der Waals surface area contributed by atoms with Gasteiger partial charge in [-0.25, -0.2) is 0 Å². The van der Waals surface area contributed by atoms with Crippen LogP contribution in [0.15, 0.2) is 18.2 Å². The maximum Gasteiger partial charge on any atom is 0.161 e. The Hall–Kier alpha value is -1.22. The van der Waals surface area contributed by atoms with Gasteiger partial charge in [-0.3, -0.25) is 0 Å². The first-order valence-corrected chi connectivity index (χ1v) is 7.35. The van der Waals surface area contributed by atoms with Gasteiger partial charge < -0.3 is 14.8 Å². The summed E-state index contributed by atoms with van der Waals surface area (Å²) in [6, 6.07) is 6.25. The Morgan fingerprint density at radius 3 is 2.68 bits per heavy atom. The van der Waals surface area contributed by atoms with E-state index in [4.69, 9.17) is 9.47 Å². The van der Waals surface area contributed by atoms with E-state index in [1.807, 2.05) is 6.07 Å². The van der Waals surface area contributed by atoms with E-state index < -0.39 is 0 Å². The summed E-state index contributed by atoms with van der Waals surface area (Å²) in [4.78, 5) is 0. The van der Waals surface area contributed by atoms with Crippen molar-refractivity contribution in [2.75, 3.05) is 26.3 Å². The third-order valence-corrected chi connectivity index (χ3v) is 3.33. The maximum absolute atomic E-state index is 5.59. The second-order valence-corrected chi connectivity index (χ2v) is 5.51. The van der Waals surface area contributed by atoms with Crippen molar-refractivity contribution in [1.82, 2.24) is 5.32 Å². The summed E-state index contributed by atoms with van der Waals surface area (Å²) in [7, 11) is 0. The Morgan fingerprint density at radius 2 is 1.89 bits per heavy atom. The Balaban J connectivity index is 1.68. The van der Waals surface area contributed by atoms with Crippen LogP contribution >= 0.6 is 0 Å². The van der Waals surface area contributed by atoms with Crippen molar-refractivity contribution in [2.24, 2.45) is 5.92 Å². The summed E-state index contributed by atoms with van der Waals surface area (Å²) in [5.74, 6) is 2.57. The monoisotopic (exact) mass is 263 g/mol. The summed E-state index contributed by atoms with van der Waals surface area (Å²) in [5.41, 5.74) is 1.31. The zero-order chi connectivity index (χ0) is 13.5. The molecule has 1 aromatic rings. The van der Waals surface area contributed by atoms with Crippen molar-refractivity contribution in [1.29, 1.82) is 0 Å². The highest BCUT2D eigenvalue weighted by molar-refractivity contribution is 5.43. The molecule has 0 spiro atoms. The summed E-state index contributed by atoms with van der Waals surface area (Å²) in [6.07, 6.45) is 3.61. The van der Waals surface area contributed by atoms with Crippen molar-refractivity contribution in [3.8, 4) is 11.5 Å². The summed E-state index contributed by atoms with van der Waals surface area (Å²) in [6.45, 7) is 8.00. The van der Waals surface area contributed by atoms with Crippen molar-refractivity contribution < 1.29 is 9.47 Å². The molecule has 1 aliphatic heterocycles. The minimum absolute atomic E-state index is 0.657. The maximum atomic E-state index is 5.59. The van der Waals surface area contributed by atoms with Crippen molar-refractivity contribution in [2.45, 2.75) is 33.1 Å². The topological polar surface area (TPSA) is 30.5 Å². The Labute approximate surface area is 116 Å². The molecule has 0 saturated carbocycles. The first-order chi connectivity index (χ1) is 9.25.